The first-order valence-electron chi connectivity index (χ1n) is 4.18. The highest BCUT2D eigenvalue weighted by atomic mass is 32.1. The van der Waals surface area contributed by atoms with Crippen LogP contribution < -0.4 is 5.73 Å². The van der Waals surface area contributed by atoms with Crippen molar-refractivity contribution in [2.75, 3.05) is 0 Å². The summed E-state index contributed by atoms with van der Waals surface area (Å²) >= 11 is 1.84. The Labute approximate surface area is 82.8 Å². The Morgan fingerprint density at radius 3 is 2.85 bits per heavy atom. The number of rotatable bonds is 3. The second-order valence-corrected chi connectivity index (χ2v) is 4.29. The van der Waals surface area contributed by atoms with E-state index in [1.165, 1.54) is 21.7 Å². The maximum Gasteiger partial charge on any atom is 0.0852 e. The molecular formula is C10H14N2S. The van der Waals surface area contributed by atoms with Crippen LogP contribution in [0.1, 0.15) is 15.3 Å². The average molecular weight is 194 g/mol. The van der Waals surface area contributed by atoms with Gasteiger partial charge in [0.2, 0.25) is 0 Å². The minimum Gasteiger partial charge on any atom is -0.390 e. The molecule has 0 aliphatic rings. The molecule has 0 unspecified atom stereocenters. The van der Waals surface area contributed by atoms with Gasteiger partial charge >= 0.3 is 0 Å². The topological polar surface area (TPSA) is 38.4 Å². The lowest BCUT2D eigenvalue weighted by Gasteiger charge is -1.90. The van der Waals surface area contributed by atoms with Crippen LogP contribution in [0.15, 0.2) is 23.3 Å². The summed E-state index contributed by atoms with van der Waals surface area (Å²) in [7, 11) is 0. The Kier molecular flexibility index (Phi) is 3.71. The van der Waals surface area contributed by atoms with Crippen LogP contribution >= 0.6 is 11.3 Å². The van der Waals surface area contributed by atoms with Gasteiger partial charge in [-0.2, -0.15) is 0 Å². The molecule has 1 heterocycles. The lowest BCUT2D eigenvalue weighted by Crippen LogP contribution is -1.85. The van der Waals surface area contributed by atoms with E-state index < -0.39 is 0 Å². The Morgan fingerprint density at radius 2 is 2.31 bits per heavy atom. The molecule has 0 radical (unpaired) electrons. The zero-order valence-corrected chi connectivity index (χ0v) is 8.77. The second kappa shape index (κ2) is 4.82. The van der Waals surface area contributed by atoms with E-state index in [4.69, 9.17) is 5.73 Å². The standard InChI is InChI=1S/C10H14N2S/c1-8-6-10(9(2)13-8)4-3-5-12-7-11/h3,5-7H,4H2,1-2H3,(H2,11,12)/b5-3-. The van der Waals surface area contributed by atoms with Crippen LogP contribution in [-0.4, -0.2) is 6.34 Å². The van der Waals surface area contributed by atoms with E-state index >= 15 is 0 Å². The molecule has 2 nitrogen and oxygen atoms in total. The third-order valence-corrected chi connectivity index (χ3v) is 2.77. The fraction of sp³-hybridized carbons (Fsp3) is 0.300. The SMILES string of the molecule is Cc1cc(C/C=C\N=CN)c(C)s1. The maximum atomic E-state index is 5.10. The first kappa shape index (κ1) is 9.99. The number of aryl methyl sites for hydroxylation is 2. The molecule has 1 aromatic rings. The normalized spacial score (nSPS) is 11.8. The van der Waals surface area contributed by atoms with E-state index in [-0.39, 0.29) is 0 Å². The molecule has 2 N–H and O–H groups in total. The first-order valence-corrected chi connectivity index (χ1v) is 5.00. The van der Waals surface area contributed by atoms with Crippen molar-refractivity contribution in [1.29, 1.82) is 0 Å². The van der Waals surface area contributed by atoms with E-state index in [0.717, 1.165) is 6.42 Å². The Morgan fingerprint density at radius 1 is 1.54 bits per heavy atom. The van der Waals surface area contributed by atoms with Gasteiger partial charge in [-0.25, -0.2) is 4.99 Å². The van der Waals surface area contributed by atoms with Crippen molar-refractivity contribution in [3.8, 4) is 0 Å². The van der Waals surface area contributed by atoms with Gasteiger partial charge in [-0.15, -0.1) is 11.3 Å². The molecular weight excluding hydrogens is 180 g/mol. The molecule has 0 bridgehead atoms. The minimum atomic E-state index is 0.938. The zero-order valence-electron chi connectivity index (χ0n) is 7.95. The minimum absolute atomic E-state index is 0.938. The fourth-order valence-corrected chi connectivity index (χ4v) is 2.13. The Hall–Kier alpha value is -1.09. The lowest BCUT2D eigenvalue weighted by molar-refractivity contribution is 1.24. The third kappa shape index (κ3) is 3.03. The highest BCUT2D eigenvalue weighted by Crippen LogP contribution is 2.20. The summed E-state index contributed by atoms with van der Waals surface area (Å²) in [6.07, 6.45) is 5.97. The molecule has 0 aliphatic heterocycles. The molecule has 0 aliphatic carbocycles. The van der Waals surface area contributed by atoms with Gasteiger partial charge in [-0.05, 0) is 31.9 Å². The van der Waals surface area contributed by atoms with E-state index in [2.05, 4.69) is 24.9 Å². The van der Waals surface area contributed by atoms with Crippen LogP contribution in [0.25, 0.3) is 0 Å². The first-order chi connectivity index (χ1) is 6.24. The van der Waals surface area contributed by atoms with Crippen molar-refractivity contribution in [3.05, 3.63) is 33.7 Å². The predicted molar refractivity (Wildman–Crippen MR) is 59.3 cm³/mol. The summed E-state index contributed by atoms with van der Waals surface area (Å²) in [5, 5.41) is 0. The molecule has 70 valence electrons. The number of thiophene rings is 1. The maximum absolute atomic E-state index is 5.10. The Balaban J connectivity index is 2.59. The van der Waals surface area contributed by atoms with Gasteiger partial charge < -0.3 is 5.73 Å². The lowest BCUT2D eigenvalue weighted by atomic mass is 10.2. The van der Waals surface area contributed by atoms with Crippen LogP contribution in [0.5, 0.6) is 0 Å². The molecule has 0 aromatic carbocycles. The molecule has 0 fully saturated rings. The van der Waals surface area contributed by atoms with Crippen LogP contribution in [0.3, 0.4) is 0 Å². The second-order valence-electron chi connectivity index (χ2n) is 2.83. The van der Waals surface area contributed by atoms with Gasteiger partial charge in [-0.1, -0.05) is 6.08 Å². The number of allylic oxidation sites excluding steroid dienone is 1. The number of nitrogens with zero attached hydrogens (tertiary/aromatic N) is 1. The van der Waals surface area contributed by atoms with Crippen LogP contribution in [0.2, 0.25) is 0 Å². The largest absolute Gasteiger partial charge is 0.390 e. The molecule has 0 atom stereocenters. The quantitative estimate of drug-likeness (QED) is 0.582. The monoisotopic (exact) mass is 194 g/mol. The molecule has 0 amide bonds. The van der Waals surface area contributed by atoms with Gasteiger partial charge in [0.25, 0.3) is 0 Å². The fourth-order valence-electron chi connectivity index (χ4n) is 1.18. The van der Waals surface area contributed by atoms with Gasteiger partial charge in [-0.3, -0.25) is 0 Å². The summed E-state index contributed by atoms with van der Waals surface area (Å²) in [4.78, 5) is 6.55. The Bertz CT molecular complexity index is 324. The average Bonchev–Trinajstić information content (AvgIpc) is 2.39. The molecule has 0 saturated carbocycles. The van der Waals surface area contributed by atoms with Crippen molar-refractivity contribution in [3.63, 3.8) is 0 Å². The predicted octanol–water partition coefficient (Wildman–Crippen LogP) is 2.41. The highest BCUT2D eigenvalue weighted by Gasteiger charge is 1.99. The van der Waals surface area contributed by atoms with E-state index in [1.807, 2.05) is 17.4 Å². The summed E-state index contributed by atoms with van der Waals surface area (Å²) in [6, 6.07) is 2.22. The highest BCUT2D eigenvalue weighted by molar-refractivity contribution is 7.12. The van der Waals surface area contributed by atoms with E-state index in [9.17, 15) is 0 Å². The van der Waals surface area contributed by atoms with Crippen molar-refractivity contribution in [2.24, 2.45) is 10.7 Å². The van der Waals surface area contributed by atoms with Crippen LogP contribution in [0.4, 0.5) is 0 Å². The van der Waals surface area contributed by atoms with Gasteiger partial charge in [0.1, 0.15) is 0 Å². The summed E-state index contributed by atoms with van der Waals surface area (Å²) < 4.78 is 0. The summed E-state index contributed by atoms with van der Waals surface area (Å²) in [5.41, 5.74) is 6.48. The zero-order chi connectivity index (χ0) is 9.68. The summed E-state index contributed by atoms with van der Waals surface area (Å²) in [6.45, 7) is 4.27. The summed E-state index contributed by atoms with van der Waals surface area (Å²) in [5.74, 6) is 0. The molecule has 13 heavy (non-hydrogen) atoms. The van der Waals surface area contributed by atoms with Crippen LogP contribution in [0, 0.1) is 13.8 Å². The third-order valence-electron chi connectivity index (χ3n) is 1.76. The molecule has 3 heteroatoms. The number of aliphatic imine (C=N–C) groups is 1. The van der Waals surface area contributed by atoms with E-state index in [1.54, 1.807) is 6.20 Å². The van der Waals surface area contributed by atoms with Crippen molar-refractivity contribution in [1.82, 2.24) is 0 Å². The smallest absolute Gasteiger partial charge is 0.0852 e. The molecule has 0 spiro atoms. The number of hydrogen-bond donors (Lipinski definition) is 1. The van der Waals surface area contributed by atoms with Gasteiger partial charge in [0, 0.05) is 16.0 Å². The number of nitrogens with two attached hydrogens (primary N) is 1. The molecule has 1 rings (SSSR count). The number of hydrogen-bond acceptors (Lipinski definition) is 2. The van der Waals surface area contributed by atoms with E-state index in [0.29, 0.717) is 0 Å². The molecule has 0 saturated heterocycles. The van der Waals surface area contributed by atoms with Gasteiger partial charge in [0.05, 0.1) is 6.34 Å². The van der Waals surface area contributed by atoms with Crippen LogP contribution in [-0.2, 0) is 6.42 Å². The molecule has 1 aromatic heterocycles. The van der Waals surface area contributed by atoms with Crippen molar-refractivity contribution in [2.45, 2.75) is 20.3 Å². The van der Waals surface area contributed by atoms with Crippen molar-refractivity contribution >= 4 is 17.7 Å². The van der Waals surface area contributed by atoms with Crippen molar-refractivity contribution < 1.29 is 0 Å². The van der Waals surface area contributed by atoms with Gasteiger partial charge in [0.15, 0.2) is 0 Å².